The Hall–Kier alpha value is -1.58. The number of carbonyl (C=O) groups is 1. The molecule has 4 heteroatoms. The number of pyridine rings is 1. The van der Waals surface area contributed by atoms with Crippen LogP contribution in [0.15, 0.2) is 18.3 Å². The van der Waals surface area contributed by atoms with Crippen molar-refractivity contribution < 1.29 is 9.53 Å². The Balaban J connectivity index is 2.06. The van der Waals surface area contributed by atoms with E-state index >= 15 is 0 Å². The number of esters is 1. The number of ether oxygens (including phenoxy) is 1. The molecule has 1 aromatic rings. The van der Waals surface area contributed by atoms with Crippen LogP contribution >= 0.6 is 0 Å². The predicted octanol–water partition coefficient (Wildman–Crippen LogP) is 2.49. The molecule has 0 aliphatic carbocycles. The Bertz CT molecular complexity index is 426. The molecule has 1 aliphatic heterocycles. The summed E-state index contributed by atoms with van der Waals surface area (Å²) < 4.78 is 4.93. The fourth-order valence-corrected chi connectivity index (χ4v) is 2.22. The van der Waals surface area contributed by atoms with Gasteiger partial charge < -0.3 is 9.64 Å². The summed E-state index contributed by atoms with van der Waals surface area (Å²) in [5, 5.41) is 0. The minimum absolute atomic E-state index is 0.307. The lowest BCUT2D eigenvalue weighted by Gasteiger charge is -2.20. The average molecular weight is 248 g/mol. The molecule has 18 heavy (non-hydrogen) atoms. The van der Waals surface area contributed by atoms with Gasteiger partial charge in [-0.15, -0.1) is 0 Å². The Labute approximate surface area is 108 Å². The third-order valence-corrected chi connectivity index (χ3v) is 3.26. The number of anilines is 1. The number of aromatic nitrogens is 1. The third-order valence-electron chi connectivity index (χ3n) is 3.26. The standard InChI is InChI=1S/C14H20N2O2/c1-4-18-13(17)11-5-6-12(15-9-11)16-8-7-14(2,3)10-16/h5-6,9H,4,7-8,10H2,1-3H3. The molecule has 0 bridgehead atoms. The lowest BCUT2D eigenvalue weighted by Crippen LogP contribution is -2.23. The van der Waals surface area contributed by atoms with E-state index in [2.05, 4.69) is 23.7 Å². The van der Waals surface area contributed by atoms with Crippen molar-refractivity contribution >= 4 is 11.8 Å². The maximum Gasteiger partial charge on any atom is 0.339 e. The fraction of sp³-hybridized carbons (Fsp3) is 0.571. The first kappa shape index (κ1) is 12.9. The molecule has 1 saturated heterocycles. The highest BCUT2D eigenvalue weighted by atomic mass is 16.5. The van der Waals surface area contributed by atoms with E-state index in [1.54, 1.807) is 19.2 Å². The number of carbonyl (C=O) groups excluding carboxylic acids is 1. The van der Waals surface area contributed by atoms with E-state index in [9.17, 15) is 4.79 Å². The summed E-state index contributed by atoms with van der Waals surface area (Å²) >= 11 is 0. The summed E-state index contributed by atoms with van der Waals surface area (Å²) in [5.41, 5.74) is 0.862. The Morgan fingerprint density at radius 2 is 2.28 bits per heavy atom. The van der Waals surface area contributed by atoms with Gasteiger partial charge in [0.2, 0.25) is 0 Å². The zero-order valence-electron chi connectivity index (χ0n) is 11.3. The molecule has 0 N–H and O–H groups in total. The fourth-order valence-electron chi connectivity index (χ4n) is 2.22. The van der Waals surface area contributed by atoms with Gasteiger partial charge in [0, 0.05) is 19.3 Å². The maximum atomic E-state index is 11.5. The van der Waals surface area contributed by atoms with E-state index in [1.165, 1.54) is 6.42 Å². The predicted molar refractivity (Wildman–Crippen MR) is 70.8 cm³/mol. The number of rotatable bonds is 3. The zero-order chi connectivity index (χ0) is 13.2. The number of nitrogens with zero attached hydrogens (tertiary/aromatic N) is 2. The minimum Gasteiger partial charge on any atom is -0.462 e. The molecule has 1 aliphatic rings. The molecule has 0 amide bonds. The van der Waals surface area contributed by atoms with Gasteiger partial charge in [0.15, 0.2) is 0 Å². The van der Waals surface area contributed by atoms with Crippen molar-refractivity contribution in [3.8, 4) is 0 Å². The van der Waals surface area contributed by atoms with Crippen molar-refractivity contribution in [3.05, 3.63) is 23.9 Å². The SMILES string of the molecule is CCOC(=O)c1ccc(N2CCC(C)(C)C2)nc1. The minimum atomic E-state index is -0.307. The Kier molecular flexibility index (Phi) is 3.55. The van der Waals surface area contributed by atoms with Crippen LogP contribution in [0.25, 0.3) is 0 Å². The van der Waals surface area contributed by atoms with Crippen LogP contribution in [0.4, 0.5) is 5.82 Å². The highest BCUT2D eigenvalue weighted by Crippen LogP contribution is 2.31. The van der Waals surface area contributed by atoms with Crippen molar-refractivity contribution in [2.24, 2.45) is 5.41 Å². The van der Waals surface area contributed by atoms with Crippen LogP contribution in [-0.4, -0.2) is 30.6 Å². The highest BCUT2D eigenvalue weighted by Gasteiger charge is 2.29. The van der Waals surface area contributed by atoms with Gasteiger partial charge >= 0.3 is 5.97 Å². The largest absolute Gasteiger partial charge is 0.462 e. The van der Waals surface area contributed by atoms with E-state index < -0.39 is 0 Å². The second-order valence-corrected chi connectivity index (χ2v) is 5.46. The molecule has 0 atom stereocenters. The normalized spacial score (nSPS) is 17.8. The third kappa shape index (κ3) is 2.81. The molecular weight excluding hydrogens is 228 g/mol. The second kappa shape index (κ2) is 4.96. The molecular formula is C14H20N2O2. The van der Waals surface area contributed by atoms with Crippen LogP contribution in [0.5, 0.6) is 0 Å². The van der Waals surface area contributed by atoms with Gasteiger partial charge in [-0.3, -0.25) is 0 Å². The molecule has 1 aromatic heterocycles. The molecule has 2 heterocycles. The quantitative estimate of drug-likeness (QED) is 0.771. The first-order valence-corrected chi connectivity index (χ1v) is 6.40. The topological polar surface area (TPSA) is 42.4 Å². The maximum absolute atomic E-state index is 11.5. The summed E-state index contributed by atoms with van der Waals surface area (Å²) in [4.78, 5) is 18.1. The molecule has 2 rings (SSSR count). The number of hydrogen-bond donors (Lipinski definition) is 0. The first-order chi connectivity index (χ1) is 8.52. The lowest BCUT2D eigenvalue weighted by atomic mass is 9.93. The average Bonchev–Trinajstić information content (AvgIpc) is 2.70. The van der Waals surface area contributed by atoms with Crippen LogP contribution in [0.3, 0.4) is 0 Å². The van der Waals surface area contributed by atoms with Gasteiger partial charge in [-0.1, -0.05) is 13.8 Å². The van der Waals surface area contributed by atoms with Gasteiger partial charge in [-0.25, -0.2) is 9.78 Å². The van der Waals surface area contributed by atoms with Crippen LogP contribution in [0, 0.1) is 5.41 Å². The Morgan fingerprint density at radius 3 is 2.78 bits per heavy atom. The van der Waals surface area contributed by atoms with E-state index in [1.807, 2.05) is 6.07 Å². The first-order valence-electron chi connectivity index (χ1n) is 6.40. The molecule has 0 radical (unpaired) electrons. The second-order valence-electron chi connectivity index (χ2n) is 5.46. The summed E-state index contributed by atoms with van der Waals surface area (Å²) in [6.07, 6.45) is 2.77. The monoisotopic (exact) mass is 248 g/mol. The van der Waals surface area contributed by atoms with Gasteiger partial charge in [0.05, 0.1) is 12.2 Å². The smallest absolute Gasteiger partial charge is 0.339 e. The Morgan fingerprint density at radius 1 is 1.50 bits per heavy atom. The van der Waals surface area contributed by atoms with Crippen LogP contribution in [-0.2, 0) is 4.74 Å². The number of hydrogen-bond acceptors (Lipinski definition) is 4. The summed E-state index contributed by atoms with van der Waals surface area (Å²) in [5.74, 6) is 0.631. The van der Waals surface area contributed by atoms with Crippen molar-refractivity contribution in [1.29, 1.82) is 0 Å². The summed E-state index contributed by atoms with van der Waals surface area (Å²) in [7, 11) is 0. The van der Waals surface area contributed by atoms with Gasteiger partial charge in [-0.2, -0.15) is 0 Å². The molecule has 0 saturated carbocycles. The van der Waals surface area contributed by atoms with Crippen LogP contribution < -0.4 is 4.90 Å². The van der Waals surface area contributed by atoms with Crippen LogP contribution in [0.2, 0.25) is 0 Å². The summed E-state index contributed by atoms with van der Waals surface area (Å²) in [6.45, 7) is 8.75. The molecule has 0 unspecified atom stereocenters. The van der Waals surface area contributed by atoms with Crippen molar-refractivity contribution in [1.82, 2.24) is 4.98 Å². The van der Waals surface area contributed by atoms with Gasteiger partial charge in [0.1, 0.15) is 5.82 Å². The van der Waals surface area contributed by atoms with Gasteiger partial charge in [0.25, 0.3) is 0 Å². The van der Waals surface area contributed by atoms with E-state index in [0.29, 0.717) is 17.6 Å². The van der Waals surface area contributed by atoms with E-state index in [-0.39, 0.29) is 5.97 Å². The van der Waals surface area contributed by atoms with Crippen molar-refractivity contribution in [3.63, 3.8) is 0 Å². The molecule has 1 fully saturated rings. The highest BCUT2D eigenvalue weighted by molar-refractivity contribution is 5.89. The van der Waals surface area contributed by atoms with E-state index in [0.717, 1.165) is 18.9 Å². The van der Waals surface area contributed by atoms with Gasteiger partial charge in [-0.05, 0) is 30.9 Å². The lowest BCUT2D eigenvalue weighted by molar-refractivity contribution is 0.0526. The molecule has 0 aromatic carbocycles. The zero-order valence-corrected chi connectivity index (χ0v) is 11.3. The van der Waals surface area contributed by atoms with Crippen LogP contribution in [0.1, 0.15) is 37.6 Å². The van der Waals surface area contributed by atoms with Crippen molar-refractivity contribution in [2.75, 3.05) is 24.6 Å². The molecule has 4 nitrogen and oxygen atoms in total. The summed E-state index contributed by atoms with van der Waals surface area (Å²) in [6, 6.07) is 3.68. The molecule has 0 spiro atoms. The van der Waals surface area contributed by atoms with Crippen molar-refractivity contribution in [2.45, 2.75) is 27.2 Å². The van der Waals surface area contributed by atoms with E-state index in [4.69, 9.17) is 4.74 Å². The molecule has 98 valence electrons.